The fraction of sp³-hybridized carbons (Fsp3) is 1.00. The third kappa shape index (κ3) is 104. The molecule has 0 aliphatic rings. The first-order valence-corrected chi connectivity index (χ1v) is 73.9. The van der Waals surface area contributed by atoms with Crippen molar-refractivity contribution in [2.45, 2.75) is 474 Å². The summed E-state index contributed by atoms with van der Waals surface area (Å²) < 4.78 is 77.4. The largest absolute Gasteiger partial charge is 0.691 e. The molecule has 0 aliphatic heterocycles. The predicted molar refractivity (Wildman–Crippen MR) is 609 cm³/mol. The molecule has 0 aliphatic carbocycles. The van der Waals surface area contributed by atoms with Crippen LogP contribution in [-0.4, -0.2) is 83.5 Å². The van der Waals surface area contributed by atoms with Crippen LogP contribution < -0.4 is 0 Å². The summed E-state index contributed by atoms with van der Waals surface area (Å²) >= 11 is 67.4. The maximum absolute atomic E-state index is 7.83. The number of hydrogen-bond donors (Lipinski definition) is 0. The minimum atomic E-state index is -2.47. The zero-order valence-corrected chi connectivity index (χ0v) is 105. The molecular weight excluding hydrogens is 2060 g/mol. The van der Waals surface area contributed by atoms with Gasteiger partial charge in [-0.05, 0) is 148 Å². The Morgan fingerprint density at radius 2 is 0.225 bits per heavy atom. The molecule has 0 heterocycles. The van der Waals surface area contributed by atoms with Crippen LogP contribution in [0.5, 0.6) is 0 Å². The van der Waals surface area contributed by atoms with Crippen LogP contribution in [0.4, 0.5) is 0 Å². The molecule has 13 nitrogen and oxygen atoms in total. The predicted octanol–water partition coefficient (Wildman–Crippen LogP) is 37.0. The molecule has 33 heteroatoms. The molecule has 0 saturated heterocycles. The minimum Gasteiger partial charge on any atom is -0.691 e. The monoisotopic (exact) mass is 2260 g/mol. The molecule has 12 atom stereocenters. The Hall–Kier alpha value is 6.23. The van der Waals surface area contributed by atoms with E-state index in [-0.39, 0.29) is 21.1 Å². The smallest absolute Gasteiger partial charge is 0.197 e. The van der Waals surface area contributed by atoms with Gasteiger partial charge in [0, 0.05) is 21.1 Å². The van der Waals surface area contributed by atoms with Crippen LogP contribution in [0, 0.1) is 71.0 Å². The van der Waals surface area contributed by atoms with Gasteiger partial charge in [-0.3, -0.25) is 0 Å². The maximum atomic E-state index is 7.83. The second-order valence-electron chi connectivity index (χ2n) is 35.2. The molecule has 0 rings (SSSR count). The van der Waals surface area contributed by atoms with Gasteiger partial charge in [0.25, 0.3) is 0 Å². The third-order valence-corrected chi connectivity index (χ3v) is 37.3. The summed E-state index contributed by atoms with van der Waals surface area (Å²) in [4.78, 5) is 0. The number of unbranched alkanes of at least 4 members (excludes halogenated alkanes) is 12. The van der Waals surface area contributed by atoms with Crippen LogP contribution in [0.15, 0.2) is 0 Å². The van der Waals surface area contributed by atoms with Crippen molar-refractivity contribution in [3.63, 3.8) is 0 Å². The van der Waals surface area contributed by atoms with Gasteiger partial charge in [0.05, 0.1) is 113 Å². The molecule has 12 unspecified atom stereocenters. The normalized spacial score (nSPS) is 17.0. The SMILES string of the molecule is CCCCC(CC)COP(=S)([S-])OCC(CC)CCCC.CCCCC(CC)COP(=S)([S-])OCC(CC)CCCC.CCCCC(CC)COP(=S)([S-])OCC(CC)CCCC.CCCCC(CC)COP(=S)([S-])OCC(CC)CCCC.CCCCC(CC)COP(=S)([S-])OCC(CC)CCCC.CCCCC(CC)COP(=S)([S-])OCC(CC)CCCC.O=S.[Mo]. The van der Waals surface area contributed by atoms with Gasteiger partial charge in [0.15, 0.2) is 12.5 Å². The quantitative estimate of drug-likeness (QED) is 0.0325. The van der Waals surface area contributed by atoms with Crippen molar-refractivity contribution in [2.75, 3.05) is 79.3 Å². The van der Waals surface area contributed by atoms with Crippen molar-refractivity contribution in [2.24, 2.45) is 71.0 Å². The Morgan fingerprint density at radius 3 is 0.271 bits per heavy atom. The first kappa shape index (κ1) is 151. The molecule has 0 bridgehead atoms. The molecule has 0 amide bonds. The zero-order valence-electron chi connectivity index (χ0n) is 87.1. The summed E-state index contributed by atoms with van der Waals surface area (Å²) in [6.07, 6.45) is 57.6. The molecule has 0 aromatic carbocycles. The van der Waals surface area contributed by atoms with Gasteiger partial charge in [-0.15, -0.1) is 0 Å². The van der Waals surface area contributed by atoms with E-state index in [1.54, 1.807) is 0 Å². The molecule has 0 saturated carbocycles. The van der Waals surface area contributed by atoms with Crippen LogP contribution in [0.25, 0.3) is 0 Å². The van der Waals surface area contributed by atoms with E-state index in [0.717, 1.165) is 77.0 Å². The van der Waals surface area contributed by atoms with Gasteiger partial charge in [-0.1, -0.05) is 468 Å². The Balaban J connectivity index is -0.000000226. The van der Waals surface area contributed by atoms with Crippen LogP contribution in [-0.2, 0) is 232 Å². The second-order valence-corrected chi connectivity index (χ2v) is 65.2. The van der Waals surface area contributed by atoms with Crippen LogP contribution >= 0.6 is 34.2 Å². The Bertz CT molecular complexity index is 2050. The van der Waals surface area contributed by atoms with Gasteiger partial charge < -0.3 is 128 Å². The average Bonchev–Trinajstić information content (AvgIpc) is 0.936. The van der Waals surface area contributed by atoms with E-state index in [0.29, 0.717) is 150 Å². The van der Waals surface area contributed by atoms with Crippen molar-refractivity contribution < 1.29 is 79.6 Å². The van der Waals surface area contributed by atoms with E-state index >= 15 is 0 Å². The summed E-state index contributed by atoms with van der Waals surface area (Å²) in [6.45, 7) is 61.1. The van der Waals surface area contributed by atoms with E-state index in [1.807, 2.05) is 0 Å². The summed E-state index contributed by atoms with van der Waals surface area (Å²) in [6, 6.07) is 0. The van der Waals surface area contributed by atoms with Gasteiger partial charge in [0.1, 0.15) is 0 Å². The first-order chi connectivity index (χ1) is 60.9. The third-order valence-electron chi connectivity index (χ3n) is 24.1. The van der Waals surface area contributed by atoms with Gasteiger partial charge >= 0.3 is 0 Å². The summed E-state index contributed by atoms with van der Waals surface area (Å²) in [5.41, 5.74) is -14.8. The molecule has 0 aromatic heterocycles. The molecular formula is C96H204MoO13P6S13-6. The topological polar surface area (TPSA) is 128 Å². The molecule has 0 N–H and O–H groups in total. The van der Waals surface area contributed by atoms with Crippen molar-refractivity contribution >= 4 is 191 Å². The van der Waals surface area contributed by atoms with Gasteiger partial charge in [-0.2, -0.15) is 4.21 Å². The summed E-state index contributed by atoms with van der Waals surface area (Å²) in [5, 5.41) is 0. The Kier molecular flexibility index (Phi) is 123. The first-order valence-electron chi connectivity index (χ1n) is 51.7. The van der Waals surface area contributed by atoms with E-state index in [9.17, 15) is 0 Å². The zero-order chi connectivity index (χ0) is 98.8. The number of rotatable bonds is 84. The van der Waals surface area contributed by atoms with E-state index < -0.39 is 34.2 Å². The molecule has 0 radical (unpaired) electrons. The Labute approximate surface area is 886 Å². The van der Waals surface area contributed by atoms with Crippen molar-refractivity contribution in [3.8, 4) is 0 Å². The van der Waals surface area contributed by atoms with Gasteiger partial charge in [0.2, 0.25) is 0 Å². The van der Waals surface area contributed by atoms with Crippen molar-refractivity contribution in [1.29, 1.82) is 0 Å². The van der Waals surface area contributed by atoms with E-state index in [2.05, 4.69) is 179 Å². The van der Waals surface area contributed by atoms with E-state index in [1.165, 1.54) is 231 Å². The van der Waals surface area contributed by atoms with Crippen LogP contribution in [0.1, 0.15) is 474 Å². The van der Waals surface area contributed by atoms with E-state index in [4.69, 9.17) is 203 Å². The van der Waals surface area contributed by atoms with Gasteiger partial charge in [-0.25, -0.2) is 0 Å². The molecule has 0 spiro atoms. The standard InChI is InChI=1S/6C16H35O2PS2.Mo.OS/c6*1-5-9-11-15(7-3)13-17-19(20,21)18-14-16(8-4)12-10-6-2;;1-2/h6*15-16H,5-14H2,1-4H3,(H,20,21);;/p-6. The average molecular weight is 2270 g/mol. The summed E-state index contributed by atoms with van der Waals surface area (Å²) in [7, 11) is 0. The minimum absolute atomic E-state index is 0. The van der Waals surface area contributed by atoms with Crippen LogP contribution in [0.2, 0.25) is 0 Å². The Morgan fingerprint density at radius 1 is 0.163 bits per heavy atom. The molecule has 0 fully saturated rings. The van der Waals surface area contributed by atoms with Crippen molar-refractivity contribution in [3.05, 3.63) is 0 Å². The van der Waals surface area contributed by atoms with Crippen molar-refractivity contribution in [1.82, 2.24) is 0 Å². The molecule has 0 aromatic rings. The fourth-order valence-electron chi connectivity index (χ4n) is 13.4. The summed E-state index contributed by atoms with van der Waals surface area (Å²) in [5.74, 6) is 6.84. The van der Waals surface area contributed by atoms with Crippen LogP contribution in [0.3, 0.4) is 0 Å². The maximum Gasteiger partial charge on any atom is 0.197 e. The second kappa shape index (κ2) is 106. The number of hydrogen-bond acceptors (Lipinski definition) is 26. The molecule has 786 valence electrons. The fourth-order valence-corrected chi connectivity index (χ4v) is 22.9. The molecule has 129 heavy (non-hydrogen) atoms.